The van der Waals surface area contributed by atoms with Gasteiger partial charge in [0.25, 0.3) is 11.5 Å². The Balaban J connectivity index is 1.59. The van der Waals surface area contributed by atoms with E-state index < -0.39 is 0 Å². The van der Waals surface area contributed by atoms with Gasteiger partial charge < -0.3 is 14.8 Å². The maximum absolute atomic E-state index is 12.6. The van der Waals surface area contributed by atoms with E-state index in [0.717, 1.165) is 34.9 Å². The zero-order chi connectivity index (χ0) is 16.7. The van der Waals surface area contributed by atoms with E-state index in [-0.39, 0.29) is 11.5 Å². The van der Waals surface area contributed by atoms with Gasteiger partial charge in [0.1, 0.15) is 0 Å². The molecule has 0 spiro atoms. The lowest BCUT2D eigenvalue weighted by Crippen LogP contribution is -2.33. The van der Waals surface area contributed by atoms with Crippen LogP contribution >= 0.6 is 11.8 Å². The molecule has 6 nitrogen and oxygen atoms in total. The second kappa shape index (κ2) is 5.83. The third-order valence-corrected chi connectivity index (χ3v) is 5.23. The van der Waals surface area contributed by atoms with Crippen molar-refractivity contribution in [1.29, 1.82) is 0 Å². The second-order valence-electron chi connectivity index (χ2n) is 5.70. The highest BCUT2D eigenvalue weighted by atomic mass is 32.2. The van der Waals surface area contributed by atoms with Crippen molar-refractivity contribution in [2.75, 3.05) is 19.6 Å². The van der Waals surface area contributed by atoms with Crippen LogP contribution in [-0.4, -0.2) is 40.2 Å². The number of rotatable bonds is 3. The number of carbonyl (C=O) groups is 1. The number of thioether (sulfide) groups is 1. The van der Waals surface area contributed by atoms with E-state index >= 15 is 0 Å². The van der Waals surface area contributed by atoms with Crippen molar-refractivity contribution in [3.63, 3.8) is 0 Å². The number of aliphatic imine (C=N–C) groups is 1. The van der Waals surface area contributed by atoms with E-state index in [1.54, 1.807) is 23.4 Å². The number of aryl methyl sites for hydroxylation is 1. The Morgan fingerprint density at radius 1 is 1.38 bits per heavy atom. The molecule has 0 bridgehead atoms. The highest BCUT2D eigenvalue weighted by Crippen LogP contribution is 2.28. The van der Waals surface area contributed by atoms with Crippen molar-refractivity contribution in [2.45, 2.75) is 0 Å². The van der Waals surface area contributed by atoms with Crippen LogP contribution in [0.25, 0.3) is 10.9 Å². The Hall–Kier alpha value is -2.54. The van der Waals surface area contributed by atoms with Crippen molar-refractivity contribution >= 4 is 33.7 Å². The minimum Gasteiger partial charge on any atom is -0.346 e. The van der Waals surface area contributed by atoms with Crippen molar-refractivity contribution in [1.82, 2.24) is 14.8 Å². The van der Waals surface area contributed by atoms with Crippen molar-refractivity contribution in [3.8, 4) is 0 Å². The minimum absolute atomic E-state index is 0.191. The summed E-state index contributed by atoms with van der Waals surface area (Å²) in [7, 11) is 1.71. The van der Waals surface area contributed by atoms with Gasteiger partial charge >= 0.3 is 0 Å². The minimum atomic E-state index is -0.237. The van der Waals surface area contributed by atoms with Gasteiger partial charge in [0, 0.05) is 36.2 Å². The number of nitrogens with one attached hydrogen (secondary N) is 1. The molecule has 0 fully saturated rings. The van der Waals surface area contributed by atoms with Crippen molar-refractivity contribution in [2.24, 2.45) is 12.0 Å². The lowest BCUT2D eigenvalue weighted by Gasteiger charge is -2.17. The summed E-state index contributed by atoms with van der Waals surface area (Å²) in [4.78, 5) is 31.3. The van der Waals surface area contributed by atoms with Crippen LogP contribution in [0.1, 0.15) is 10.4 Å². The van der Waals surface area contributed by atoms with Crippen molar-refractivity contribution in [3.05, 3.63) is 57.4 Å². The van der Waals surface area contributed by atoms with Crippen LogP contribution in [0.3, 0.4) is 0 Å². The van der Waals surface area contributed by atoms with Crippen LogP contribution in [0.5, 0.6) is 0 Å². The summed E-state index contributed by atoms with van der Waals surface area (Å²) < 4.78 is 1.55. The molecule has 1 aromatic heterocycles. The first kappa shape index (κ1) is 15.0. The fourth-order valence-electron chi connectivity index (χ4n) is 2.98. The highest BCUT2D eigenvalue weighted by Gasteiger charge is 2.26. The van der Waals surface area contributed by atoms with Gasteiger partial charge in [0.15, 0.2) is 5.17 Å². The van der Waals surface area contributed by atoms with Gasteiger partial charge in [-0.2, -0.15) is 0 Å². The summed E-state index contributed by atoms with van der Waals surface area (Å²) in [6.45, 7) is 2.08. The number of carbonyl (C=O) groups excluding carboxylic acids is 1. The first-order valence-electron chi connectivity index (χ1n) is 7.70. The van der Waals surface area contributed by atoms with Crippen LogP contribution in [0.4, 0.5) is 0 Å². The normalized spacial score (nSPS) is 16.1. The number of fused-ring (bicyclic) bond motifs is 2. The molecule has 2 aromatic rings. The molecule has 0 saturated carbocycles. The first-order chi connectivity index (χ1) is 11.6. The molecule has 2 aliphatic rings. The maximum Gasteiger partial charge on any atom is 0.252 e. The highest BCUT2D eigenvalue weighted by molar-refractivity contribution is 8.16. The summed E-state index contributed by atoms with van der Waals surface area (Å²) in [6, 6.07) is 8.83. The van der Waals surface area contributed by atoms with E-state index in [1.165, 1.54) is 6.07 Å². The number of amidine groups is 1. The van der Waals surface area contributed by atoms with Gasteiger partial charge in [0.05, 0.1) is 24.2 Å². The third-order valence-electron chi connectivity index (χ3n) is 4.28. The van der Waals surface area contributed by atoms with E-state index in [9.17, 15) is 9.59 Å². The number of para-hydroxylation sites is 1. The molecule has 1 N–H and O–H groups in total. The summed E-state index contributed by atoms with van der Waals surface area (Å²) in [6.07, 6.45) is 0. The molecule has 3 heterocycles. The SMILES string of the molecule is Cn1c(=O)cc(C(=O)NCC2=CSC3=NCCN23)c2ccccc21. The molecule has 1 aromatic carbocycles. The average molecular weight is 340 g/mol. The quantitative estimate of drug-likeness (QED) is 0.920. The summed E-state index contributed by atoms with van der Waals surface area (Å²) >= 11 is 1.58. The Bertz CT molecular complexity index is 961. The molecule has 7 heteroatoms. The fraction of sp³-hybridized carbons (Fsp3) is 0.235. The van der Waals surface area contributed by atoms with Crippen LogP contribution in [0.15, 0.2) is 51.2 Å². The molecule has 4 rings (SSSR count). The Labute approximate surface area is 142 Å². The molecule has 2 aliphatic heterocycles. The predicted octanol–water partition coefficient (Wildman–Crippen LogP) is 1.53. The van der Waals surface area contributed by atoms with Crippen LogP contribution in [0, 0.1) is 0 Å². The Morgan fingerprint density at radius 3 is 3.08 bits per heavy atom. The third kappa shape index (κ3) is 2.41. The van der Waals surface area contributed by atoms with E-state index in [1.807, 2.05) is 29.7 Å². The van der Waals surface area contributed by atoms with Gasteiger partial charge in [-0.1, -0.05) is 30.0 Å². The lowest BCUT2D eigenvalue weighted by atomic mass is 10.1. The Kier molecular flexibility index (Phi) is 3.65. The largest absolute Gasteiger partial charge is 0.346 e. The summed E-state index contributed by atoms with van der Waals surface area (Å²) in [5.41, 5.74) is 2.01. The van der Waals surface area contributed by atoms with Crippen LogP contribution in [-0.2, 0) is 7.05 Å². The standard InChI is InChI=1S/C17H16N4O2S/c1-20-14-5-3-2-4-12(14)13(8-15(20)22)16(23)19-9-11-10-24-17-18-6-7-21(11)17/h2-5,8,10H,6-7,9H2,1H3,(H,19,23). The van der Waals surface area contributed by atoms with E-state index in [2.05, 4.69) is 15.2 Å². The fourth-order valence-corrected chi connectivity index (χ4v) is 3.93. The molecule has 122 valence electrons. The number of hydrogen-bond donors (Lipinski definition) is 1. The van der Waals surface area contributed by atoms with E-state index in [4.69, 9.17) is 0 Å². The molecule has 0 aliphatic carbocycles. The average Bonchev–Trinajstić information content (AvgIpc) is 3.20. The zero-order valence-corrected chi connectivity index (χ0v) is 14.0. The van der Waals surface area contributed by atoms with Gasteiger partial charge in [-0.15, -0.1) is 0 Å². The van der Waals surface area contributed by atoms with Crippen molar-refractivity contribution < 1.29 is 4.79 Å². The van der Waals surface area contributed by atoms with Crippen LogP contribution < -0.4 is 10.9 Å². The molecule has 0 radical (unpaired) electrons. The number of benzene rings is 1. The van der Waals surface area contributed by atoms with Gasteiger partial charge in [-0.05, 0) is 6.07 Å². The number of pyridine rings is 1. The zero-order valence-electron chi connectivity index (χ0n) is 13.2. The smallest absolute Gasteiger partial charge is 0.252 e. The topological polar surface area (TPSA) is 66.7 Å². The molecule has 0 atom stereocenters. The number of amides is 1. The van der Waals surface area contributed by atoms with Crippen LogP contribution in [0.2, 0.25) is 0 Å². The summed E-state index contributed by atoms with van der Waals surface area (Å²) in [5.74, 6) is -0.237. The first-order valence-corrected chi connectivity index (χ1v) is 8.58. The van der Waals surface area contributed by atoms with E-state index in [0.29, 0.717) is 12.1 Å². The summed E-state index contributed by atoms with van der Waals surface area (Å²) in [5, 5.41) is 6.71. The molecule has 1 amide bonds. The number of nitrogens with zero attached hydrogens (tertiary/aromatic N) is 3. The molecule has 0 saturated heterocycles. The maximum atomic E-state index is 12.6. The monoisotopic (exact) mass is 340 g/mol. The second-order valence-corrected chi connectivity index (χ2v) is 6.53. The lowest BCUT2D eigenvalue weighted by molar-refractivity contribution is 0.0957. The molecular formula is C17H16N4O2S. The molecule has 24 heavy (non-hydrogen) atoms. The number of aromatic nitrogens is 1. The van der Waals surface area contributed by atoms with Gasteiger partial charge in [-0.25, -0.2) is 0 Å². The Morgan fingerprint density at radius 2 is 2.21 bits per heavy atom. The van der Waals surface area contributed by atoms with Gasteiger partial charge in [-0.3, -0.25) is 14.6 Å². The molecular weight excluding hydrogens is 324 g/mol. The number of hydrogen-bond acceptors (Lipinski definition) is 5. The molecule has 0 unspecified atom stereocenters. The van der Waals surface area contributed by atoms with Gasteiger partial charge in [0.2, 0.25) is 0 Å². The predicted molar refractivity (Wildman–Crippen MR) is 96.2 cm³/mol.